The predicted octanol–water partition coefficient (Wildman–Crippen LogP) is 10.9. The van der Waals surface area contributed by atoms with Crippen LogP contribution in [0.25, 0.3) is 0 Å². The van der Waals surface area contributed by atoms with E-state index in [2.05, 4.69) is 13.8 Å². The number of carbonyl (C=O) groups is 1. The minimum atomic E-state index is -0.926. The monoisotopic (exact) mass is 511 g/mol. The fourth-order valence-corrected chi connectivity index (χ4v) is 5.04. The molecule has 1 atom stereocenters. The Kier molecular flexibility index (Phi) is 30.2. The van der Waals surface area contributed by atoms with Gasteiger partial charge in [0.25, 0.3) is 0 Å². The SMILES string of the molecule is CCCCCCCCCCCCCCCCCCCCCCC(O)C(=O)OCCCCCCCCC. The molecule has 0 rings (SSSR count). The number of unbranched alkanes of at least 4 members (excludes halogenated alkanes) is 25. The van der Waals surface area contributed by atoms with E-state index in [1.807, 2.05) is 0 Å². The molecular formula is C33H66O3. The van der Waals surface area contributed by atoms with E-state index < -0.39 is 12.1 Å². The molecule has 0 aromatic heterocycles. The second-order valence-electron chi connectivity index (χ2n) is 11.3. The maximum Gasteiger partial charge on any atom is 0.334 e. The van der Waals surface area contributed by atoms with Gasteiger partial charge in [-0.3, -0.25) is 0 Å². The Hall–Kier alpha value is -0.570. The normalized spacial score (nSPS) is 12.2. The highest BCUT2D eigenvalue weighted by Crippen LogP contribution is 2.15. The van der Waals surface area contributed by atoms with Crippen LogP contribution < -0.4 is 0 Å². The van der Waals surface area contributed by atoms with Gasteiger partial charge in [0.2, 0.25) is 0 Å². The lowest BCUT2D eigenvalue weighted by Gasteiger charge is -2.10. The van der Waals surface area contributed by atoms with Gasteiger partial charge in [-0.2, -0.15) is 0 Å². The Morgan fingerprint density at radius 2 is 0.750 bits per heavy atom. The van der Waals surface area contributed by atoms with Gasteiger partial charge in [-0.25, -0.2) is 4.79 Å². The quantitative estimate of drug-likeness (QED) is 0.0772. The molecule has 0 bridgehead atoms. The smallest absolute Gasteiger partial charge is 0.334 e. The average Bonchev–Trinajstić information content (AvgIpc) is 2.88. The lowest BCUT2D eigenvalue weighted by atomic mass is 10.0. The molecule has 0 aliphatic heterocycles. The van der Waals surface area contributed by atoms with Crippen LogP contribution in [0.4, 0.5) is 0 Å². The summed E-state index contributed by atoms with van der Waals surface area (Å²) in [6, 6.07) is 0. The second-order valence-corrected chi connectivity index (χ2v) is 11.3. The van der Waals surface area contributed by atoms with E-state index in [1.54, 1.807) is 0 Å². The molecule has 36 heavy (non-hydrogen) atoms. The van der Waals surface area contributed by atoms with Crippen molar-refractivity contribution in [3.63, 3.8) is 0 Å². The van der Waals surface area contributed by atoms with Crippen molar-refractivity contribution in [1.82, 2.24) is 0 Å². The summed E-state index contributed by atoms with van der Waals surface area (Å²) in [5.41, 5.74) is 0. The Balaban J connectivity index is 3.23. The van der Waals surface area contributed by atoms with Crippen LogP contribution in [0, 0.1) is 0 Å². The van der Waals surface area contributed by atoms with E-state index in [9.17, 15) is 9.90 Å². The second kappa shape index (κ2) is 30.7. The van der Waals surface area contributed by atoms with Crippen LogP contribution in [0.3, 0.4) is 0 Å². The van der Waals surface area contributed by atoms with E-state index in [4.69, 9.17) is 4.74 Å². The zero-order valence-electron chi connectivity index (χ0n) is 24.8. The highest BCUT2D eigenvalue weighted by Gasteiger charge is 2.15. The van der Waals surface area contributed by atoms with E-state index in [-0.39, 0.29) is 0 Å². The van der Waals surface area contributed by atoms with Gasteiger partial charge >= 0.3 is 5.97 Å². The molecule has 0 radical (unpaired) electrons. The Labute approximate surface area is 226 Å². The first kappa shape index (κ1) is 35.4. The fourth-order valence-electron chi connectivity index (χ4n) is 5.04. The van der Waals surface area contributed by atoms with Crippen LogP contribution >= 0.6 is 0 Å². The van der Waals surface area contributed by atoms with Crippen molar-refractivity contribution in [1.29, 1.82) is 0 Å². The lowest BCUT2D eigenvalue weighted by Crippen LogP contribution is -2.23. The molecule has 0 heterocycles. The number of aliphatic hydroxyl groups excluding tert-OH is 1. The molecule has 1 unspecified atom stereocenters. The highest BCUT2D eigenvalue weighted by atomic mass is 16.5. The first-order chi connectivity index (χ1) is 17.7. The molecule has 1 N–H and O–H groups in total. The first-order valence-corrected chi connectivity index (χ1v) is 16.6. The summed E-state index contributed by atoms with van der Waals surface area (Å²) in [6.45, 7) is 4.98. The molecule has 0 amide bonds. The van der Waals surface area contributed by atoms with Gasteiger partial charge in [0.1, 0.15) is 0 Å². The Bertz CT molecular complexity index is 423. The number of ether oxygens (including phenoxy) is 1. The topological polar surface area (TPSA) is 46.5 Å². The zero-order valence-corrected chi connectivity index (χ0v) is 24.8. The standard InChI is InChI=1S/C33H66O3/c1-3-5-7-9-11-12-13-14-15-16-17-18-19-20-21-22-23-24-26-28-30-32(34)33(35)36-31-29-27-25-10-8-6-4-2/h32,34H,3-31H2,1-2H3. The van der Waals surface area contributed by atoms with Crippen molar-refractivity contribution in [2.75, 3.05) is 6.61 Å². The summed E-state index contributed by atoms with van der Waals surface area (Å²) < 4.78 is 5.24. The van der Waals surface area contributed by atoms with Crippen LogP contribution in [0.15, 0.2) is 0 Å². The molecule has 3 heteroatoms. The molecular weight excluding hydrogens is 444 g/mol. The first-order valence-electron chi connectivity index (χ1n) is 16.6. The van der Waals surface area contributed by atoms with Gasteiger partial charge < -0.3 is 9.84 Å². The molecule has 0 spiro atoms. The van der Waals surface area contributed by atoms with Gasteiger partial charge in [0, 0.05) is 0 Å². The van der Waals surface area contributed by atoms with Crippen LogP contribution in [-0.2, 0) is 9.53 Å². The number of aliphatic hydroxyl groups is 1. The third-order valence-corrected chi connectivity index (χ3v) is 7.60. The van der Waals surface area contributed by atoms with E-state index in [1.165, 1.54) is 148 Å². The van der Waals surface area contributed by atoms with Crippen molar-refractivity contribution < 1.29 is 14.6 Å². The number of hydrogen-bond acceptors (Lipinski definition) is 3. The Morgan fingerprint density at radius 3 is 1.08 bits per heavy atom. The summed E-state index contributed by atoms with van der Waals surface area (Å²) in [7, 11) is 0. The van der Waals surface area contributed by atoms with E-state index >= 15 is 0 Å². The molecule has 0 saturated heterocycles. The minimum absolute atomic E-state index is 0.418. The molecule has 3 nitrogen and oxygen atoms in total. The summed E-state index contributed by atoms with van der Waals surface area (Å²) in [5, 5.41) is 9.99. The van der Waals surface area contributed by atoms with E-state index in [0.717, 1.165) is 25.7 Å². The number of rotatable bonds is 30. The summed E-state index contributed by atoms with van der Waals surface area (Å²) in [6.07, 6.45) is 35.3. The van der Waals surface area contributed by atoms with Crippen molar-refractivity contribution in [2.24, 2.45) is 0 Å². The Morgan fingerprint density at radius 1 is 0.472 bits per heavy atom. The van der Waals surface area contributed by atoms with Crippen molar-refractivity contribution in [2.45, 2.75) is 200 Å². The van der Waals surface area contributed by atoms with Crippen molar-refractivity contribution in [3.8, 4) is 0 Å². The molecule has 0 aliphatic rings. The summed E-state index contributed by atoms with van der Waals surface area (Å²) in [5.74, 6) is -0.418. The van der Waals surface area contributed by atoms with Gasteiger partial charge in [0.05, 0.1) is 6.61 Å². The summed E-state index contributed by atoms with van der Waals surface area (Å²) in [4.78, 5) is 11.9. The summed E-state index contributed by atoms with van der Waals surface area (Å²) >= 11 is 0. The number of esters is 1. The third kappa shape index (κ3) is 28.0. The molecule has 0 fully saturated rings. The molecule has 0 aliphatic carbocycles. The van der Waals surface area contributed by atoms with Crippen LogP contribution in [0.2, 0.25) is 0 Å². The minimum Gasteiger partial charge on any atom is -0.464 e. The third-order valence-electron chi connectivity index (χ3n) is 7.60. The molecule has 0 saturated carbocycles. The fraction of sp³-hybridized carbons (Fsp3) is 0.970. The van der Waals surface area contributed by atoms with Crippen LogP contribution in [-0.4, -0.2) is 23.8 Å². The number of carbonyl (C=O) groups excluding carboxylic acids is 1. The maximum atomic E-state index is 11.9. The lowest BCUT2D eigenvalue weighted by molar-refractivity contribution is -0.154. The molecule has 216 valence electrons. The highest BCUT2D eigenvalue weighted by molar-refractivity contribution is 5.74. The van der Waals surface area contributed by atoms with Gasteiger partial charge in [0.15, 0.2) is 6.10 Å². The zero-order chi connectivity index (χ0) is 26.4. The van der Waals surface area contributed by atoms with Crippen molar-refractivity contribution in [3.05, 3.63) is 0 Å². The van der Waals surface area contributed by atoms with Gasteiger partial charge in [-0.1, -0.05) is 181 Å². The molecule has 0 aromatic carbocycles. The van der Waals surface area contributed by atoms with Crippen LogP contribution in [0.1, 0.15) is 194 Å². The van der Waals surface area contributed by atoms with Crippen LogP contribution in [0.5, 0.6) is 0 Å². The average molecular weight is 511 g/mol. The van der Waals surface area contributed by atoms with Gasteiger partial charge in [-0.15, -0.1) is 0 Å². The largest absolute Gasteiger partial charge is 0.464 e. The number of hydrogen-bond donors (Lipinski definition) is 1. The van der Waals surface area contributed by atoms with Crippen molar-refractivity contribution >= 4 is 5.97 Å². The van der Waals surface area contributed by atoms with Gasteiger partial charge in [-0.05, 0) is 12.8 Å². The van der Waals surface area contributed by atoms with E-state index in [0.29, 0.717) is 13.0 Å². The predicted molar refractivity (Wildman–Crippen MR) is 158 cm³/mol. The maximum absolute atomic E-state index is 11.9. The molecule has 0 aromatic rings.